The second kappa shape index (κ2) is 5.13. The van der Waals surface area contributed by atoms with Crippen molar-refractivity contribution in [3.8, 4) is 11.5 Å². The van der Waals surface area contributed by atoms with Crippen LogP contribution in [0.3, 0.4) is 0 Å². The van der Waals surface area contributed by atoms with Gasteiger partial charge >= 0.3 is 6.09 Å². The molecule has 0 unspecified atom stereocenters. The molecule has 0 radical (unpaired) electrons. The second-order valence-electron chi connectivity index (χ2n) is 3.27. The molecule has 0 fully saturated rings. The summed E-state index contributed by atoms with van der Waals surface area (Å²) < 4.78 is 33.9. The number of sulfonamides is 1. The number of carboxylic acid groups (broad SMARTS) is 1. The average Bonchev–Trinajstić information content (AvgIpc) is 2.36. The van der Waals surface area contributed by atoms with Gasteiger partial charge in [0.25, 0.3) is 10.0 Å². The van der Waals surface area contributed by atoms with Gasteiger partial charge in [0.1, 0.15) is 0 Å². The predicted octanol–water partition coefficient (Wildman–Crippen LogP) is 1.00. The number of hydrogen-bond acceptors (Lipinski definition) is 5. The Labute approximate surface area is 105 Å². The number of hydrogen-bond donors (Lipinski definition) is 1. The molecule has 0 bridgehead atoms. The van der Waals surface area contributed by atoms with Crippen LogP contribution >= 0.6 is 0 Å². The molecule has 0 spiro atoms. The Morgan fingerprint density at radius 1 is 1.22 bits per heavy atom. The molecule has 1 N–H and O–H groups in total. The summed E-state index contributed by atoms with van der Waals surface area (Å²) >= 11 is 0. The summed E-state index contributed by atoms with van der Waals surface area (Å²) in [6.45, 7) is 0. The Balaban J connectivity index is 3.30. The van der Waals surface area contributed by atoms with E-state index in [0.717, 1.165) is 7.05 Å². The lowest BCUT2D eigenvalue weighted by molar-refractivity contribution is 0.178. The van der Waals surface area contributed by atoms with Crippen molar-refractivity contribution >= 4 is 16.1 Å². The van der Waals surface area contributed by atoms with Crippen molar-refractivity contribution in [3.05, 3.63) is 18.2 Å². The SMILES string of the molecule is COc1ccc(S(=O)(=O)N(C)C(=O)O)cc1OC. The number of carbonyl (C=O) groups is 1. The van der Waals surface area contributed by atoms with E-state index in [0.29, 0.717) is 5.75 Å². The summed E-state index contributed by atoms with van der Waals surface area (Å²) in [5.74, 6) is 0.562. The highest BCUT2D eigenvalue weighted by Gasteiger charge is 2.26. The molecule has 0 heterocycles. The summed E-state index contributed by atoms with van der Waals surface area (Å²) in [5.41, 5.74) is 0. The van der Waals surface area contributed by atoms with Gasteiger partial charge in [-0.1, -0.05) is 0 Å². The summed E-state index contributed by atoms with van der Waals surface area (Å²) in [4.78, 5) is 10.5. The van der Waals surface area contributed by atoms with E-state index in [2.05, 4.69) is 0 Å². The van der Waals surface area contributed by atoms with Crippen LogP contribution in [0.1, 0.15) is 0 Å². The van der Waals surface area contributed by atoms with Crippen LogP contribution in [0, 0.1) is 0 Å². The van der Waals surface area contributed by atoms with Crippen molar-refractivity contribution in [2.45, 2.75) is 4.90 Å². The van der Waals surface area contributed by atoms with E-state index in [1.807, 2.05) is 0 Å². The monoisotopic (exact) mass is 275 g/mol. The number of amides is 1. The molecule has 0 atom stereocenters. The Kier molecular flexibility index (Phi) is 4.02. The standard InChI is InChI=1S/C10H13NO6S/c1-11(10(12)13)18(14,15)7-4-5-8(16-2)9(6-7)17-3/h4-6H,1-3H3,(H,12,13). The lowest BCUT2D eigenvalue weighted by atomic mass is 10.3. The fourth-order valence-electron chi connectivity index (χ4n) is 1.24. The molecule has 1 aromatic carbocycles. The quantitative estimate of drug-likeness (QED) is 0.881. The minimum atomic E-state index is -4.10. The van der Waals surface area contributed by atoms with Gasteiger partial charge in [-0.2, -0.15) is 0 Å². The molecule has 0 aromatic heterocycles. The lowest BCUT2D eigenvalue weighted by Gasteiger charge is -2.15. The maximum Gasteiger partial charge on any atom is 0.421 e. The molecule has 1 amide bonds. The molecule has 1 rings (SSSR count). The largest absolute Gasteiger partial charge is 0.493 e. The zero-order chi connectivity index (χ0) is 13.9. The topological polar surface area (TPSA) is 93.1 Å². The van der Waals surface area contributed by atoms with Crippen LogP contribution < -0.4 is 9.47 Å². The highest BCUT2D eigenvalue weighted by atomic mass is 32.2. The van der Waals surface area contributed by atoms with Crippen molar-refractivity contribution in [1.29, 1.82) is 0 Å². The number of ether oxygens (including phenoxy) is 2. The van der Waals surface area contributed by atoms with E-state index in [-0.39, 0.29) is 15.0 Å². The molecule has 18 heavy (non-hydrogen) atoms. The molecule has 0 saturated carbocycles. The van der Waals surface area contributed by atoms with E-state index in [4.69, 9.17) is 14.6 Å². The molecule has 8 heteroatoms. The zero-order valence-electron chi connectivity index (χ0n) is 10.1. The van der Waals surface area contributed by atoms with Gasteiger partial charge in [0.2, 0.25) is 0 Å². The Bertz CT molecular complexity index is 553. The number of rotatable bonds is 4. The molecule has 1 aromatic rings. The van der Waals surface area contributed by atoms with Crippen LogP contribution in [0.4, 0.5) is 4.79 Å². The van der Waals surface area contributed by atoms with E-state index >= 15 is 0 Å². The van der Waals surface area contributed by atoms with E-state index in [9.17, 15) is 13.2 Å². The van der Waals surface area contributed by atoms with Crippen LogP contribution in [0.25, 0.3) is 0 Å². The Morgan fingerprint density at radius 3 is 2.22 bits per heavy atom. The van der Waals surface area contributed by atoms with Crippen molar-refractivity contribution in [2.75, 3.05) is 21.3 Å². The van der Waals surface area contributed by atoms with Gasteiger partial charge in [0.15, 0.2) is 11.5 Å². The van der Waals surface area contributed by atoms with Crippen molar-refractivity contribution < 1.29 is 27.8 Å². The third-order valence-corrected chi connectivity index (χ3v) is 4.01. The fourth-order valence-corrected chi connectivity index (χ4v) is 2.26. The van der Waals surface area contributed by atoms with Gasteiger partial charge in [-0.05, 0) is 12.1 Å². The predicted molar refractivity (Wildman–Crippen MR) is 62.5 cm³/mol. The van der Waals surface area contributed by atoms with Gasteiger partial charge < -0.3 is 14.6 Å². The number of methoxy groups -OCH3 is 2. The van der Waals surface area contributed by atoms with Crippen LogP contribution in [-0.2, 0) is 10.0 Å². The molecule has 0 saturated heterocycles. The van der Waals surface area contributed by atoms with Crippen molar-refractivity contribution in [3.63, 3.8) is 0 Å². The maximum atomic E-state index is 11.9. The second-order valence-corrected chi connectivity index (χ2v) is 5.24. The smallest absolute Gasteiger partial charge is 0.421 e. The third-order valence-electron chi connectivity index (χ3n) is 2.28. The van der Waals surface area contributed by atoms with Crippen molar-refractivity contribution in [1.82, 2.24) is 4.31 Å². The maximum absolute atomic E-state index is 11.9. The molecule has 100 valence electrons. The van der Waals surface area contributed by atoms with Crippen LogP contribution in [-0.4, -0.2) is 45.2 Å². The van der Waals surface area contributed by atoms with E-state index < -0.39 is 16.1 Å². The minimum absolute atomic E-state index is 0.190. The van der Waals surface area contributed by atoms with Gasteiger partial charge in [0.05, 0.1) is 19.1 Å². The number of benzene rings is 1. The molecular weight excluding hydrogens is 262 g/mol. The average molecular weight is 275 g/mol. The van der Waals surface area contributed by atoms with Crippen LogP contribution in [0.2, 0.25) is 0 Å². The van der Waals surface area contributed by atoms with Crippen molar-refractivity contribution in [2.24, 2.45) is 0 Å². The van der Waals surface area contributed by atoms with Gasteiger partial charge in [0, 0.05) is 13.1 Å². The first-order chi connectivity index (χ1) is 8.34. The third kappa shape index (κ3) is 2.48. The molecule has 0 aliphatic heterocycles. The zero-order valence-corrected chi connectivity index (χ0v) is 10.9. The summed E-state index contributed by atoms with van der Waals surface area (Å²) in [7, 11) is -0.376. The highest BCUT2D eigenvalue weighted by molar-refractivity contribution is 7.89. The van der Waals surface area contributed by atoms with Gasteiger partial charge in [-0.3, -0.25) is 0 Å². The van der Waals surface area contributed by atoms with E-state index in [1.54, 1.807) is 0 Å². The fraction of sp³-hybridized carbons (Fsp3) is 0.300. The lowest BCUT2D eigenvalue weighted by Crippen LogP contribution is -2.31. The highest BCUT2D eigenvalue weighted by Crippen LogP contribution is 2.30. The summed E-state index contributed by atoms with van der Waals surface area (Å²) in [6.07, 6.45) is -1.57. The Morgan fingerprint density at radius 2 is 1.78 bits per heavy atom. The van der Waals surface area contributed by atoms with Crippen LogP contribution in [0.5, 0.6) is 11.5 Å². The number of nitrogens with zero attached hydrogens (tertiary/aromatic N) is 1. The molecule has 0 aliphatic carbocycles. The first kappa shape index (κ1) is 14.1. The van der Waals surface area contributed by atoms with Gasteiger partial charge in [-0.25, -0.2) is 17.5 Å². The molecule has 0 aliphatic rings. The van der Waals surface area contributed by atoms with E-state index in [1.165, 1.54) is 32.4 Å². The van der Waals surface area contributed by atoms with Gasteiger partial charge in [-0.15, -0.1) is 0 Å². The Hall–Kier alpha value is -1.96. The van der Waals surface area contributed by atoms with Crippen LogP contribution in [0.15, 0.2) is 23.1 Å². The summed E-state index contributed by atoms with van der Waals surface area (Å²) in [6, 6.07) is 3.84. The molecular formula is C10H13NO6S. The molecule has 7 nitrogen and oxygen atoms in total. The first-order valence-electron chi connectivity index (χ1n) is 4.78. The summed E-state index contributed by atoms with van der Waals surface area (Å²) in [5, 5.41) is 8.70. The normalized spacial score (nSPS) is 10.8. The minimum Gasteiger partial charge on any atom is -0.493 e. The first-order valence-corrected chi connectivity index (χ1v) is 6.22.